The van der Waals surface area contributed by atoms with E-state index in [1.165, 1.54) is 46.4 Å². The molecule has 0 amide bonds. The highest BCUT2D eigenvalue weighted by Gasteiger charge is 2.20. The lowest BCUT2D eigenvalue weighted by Gasteiger charge is -2.28. The zero-order chi connectivity index (χ0) is 33.8. The molecular formula is C38H61FN4O2. The van der Waals surface area contributed by atoms with Crippen LogP contribution >= 0.6 is 0 Å². The first-order valence-electron chi connectivity index (χ1n) is 17.1. The Morgan fingerprint density at radius 1 is 1.13 bits per heavy atom. The van der Waals surface area contributed by atoms with Crippen molar-refractivity contribution in [2.24, 2.45) is 5.92 Å². The highest BCUT2D eigenvalue weighted by Crippen LogP contribution is 2.28. The number of hydrogen-bond acceptors (Lipinski definition) is 5. The van der Waals surface area contributed by atoms with Gasteiger partial charge in [0.15, 0.2) is 5.78 Å². The molecule has 2 fully saturated rings. The molecule has 1 atom stereocenters. The first-order chi connectivity index (χ1) is 21.6. The van der Waals surface area contributed by atoms with Gasteiger partial charge in [-0.2, -0.15) is 0 Å². The van der Waals surface area contributed by atoms with E-state index in [1.54, 1.807) is 7.05 Å². The van der Waals surface area contributed by atoms with Gasteiger partial charge in [0.2, 0.25) is 0 Å². The fourth-order valence-corrected chi connectivity index (χ4v) is 5.11. The zero-order valence-corrected chi connectivity index (χ0v) is 29.4. The van der Waals surface area contributed by atoms with Crippen molar-refractivity contribution in [3.05, 3.63) is 69.8 Å². The molecule has 0 aromatic heterocycles. The number of nitrogens with one attached hydrogen (secondary N) is 3. The Morgan fingerprint density at radius 2 is 1.80 bits per heavy atom. The molecule has 0 bridgehead atoms. The normalized spacial score (nSPS) is 14.5. The molecule has 3 N–H and O–H groups in total. The number of halogens is 1. The maximum atomic E-state index is 12.7. The van der Waals surface area contributed by atoms with Gasteiger partial charge in [0.25, 0.3) is 0 Å². The summed E-state index contributed by atoms with van der Waals surface area (Å²) in [5, 5.41) is 18.4. The second kappa shape index (κ2) is 22.6. The Labute approximate surface area is 273 Å². The third kappa shape index (κ3) is 14.4. The summed E-state index contributed by atoms with van der Waals surface area (Å²) in [7, 11) is 1.71. The first kappa shape index (κ1) is 40.1. The summed E-state index contributed by atoms with van der Waals surface area (Å²) in [6.45, 7) is 16.5. The third-order valence-corrected chi connectivity index (χ3v) is 8.12. The number of Topliss-reactive ketones (excluding diaryl/α,β-unsaturated/α-hetero) is 1. The smallest absolute Gasteiger partial charge is 0.163 e. The van der Waals surface area contributed by atoms with Crippen molar-refractivity contribution in [3.63, 3.8) is 0 Å². The van der Waals surface area contributed by atoms with Crippen molar-refractivity contribution in [2.75, 3.05) is 26.8 Å². The number of amidine groups is 1. The molecule has 2 aromatic carbocycles. The van der Waals surface area contributed by atoms with Gasteiger partial charge in [-0.3, -0.25) is 15.6 Å². The van der Waals surface area contributed by atoms with Crippen LogP contribution in [0.5, 0.6) is 0 Å². The lowest BCUT2D eigenvalue weighted by molar-refractivity contribution is -0.0497. The lowest BCUT2D eigenvalue weighted by atomic mass is 9.85. The number of ether oxygens (including phenoxy) is 1. The molecule has 4 rings (SSSR count). The summed E-state index contributed by atoms with van der Waals surface area (Å²) in [6, 6.07) is 12.9. The SMILES string of the molecule is CC.CCCC(=O)c1cc(C(C)NCC2CCC2)cc(CCC)c1CC.Cc1cccc(CC(=N)N(C)C=N)c1.FC1COC1. The Bertz CT molecular complexity index is 1160. The average Bonchev–Trinajstić information content (AvgIpc) is 3.00. The molecule has 6 nitrogen and oxygen atoms in total. The highest BCUT2D eigenvalue weighted by molar-refractivity contribution is 5.98. The number of carbonyl (C=O) groups excluding carboxylic acids is 1. The number of alkyl halides is 1. The fourth-order valence-electron chi connectivity index (χ4n) is 5.11. The van der Waals surface area contributed by atoms with E-state index in [0.717, 1.165) is 55.6 Å². The Morgan fingerprint density at radius 3 is 2.27 bits per heavy atom. The van der Waals surface area contributed by atoms with Crippen LogP contribution in [-0.4, -0.2) is 55.8 Å². The molecular weight excluding hydrogens is 563 g/mol. The maximum absolute atomic E-state index is 12.7. The van der Waals surface area contributed by atoms with Crippen molar-refractivity contribution < 1.29 is 13.9 Å². The standard InChI is InChI=1S/C22H35NO.C11H15N3.C3H5FO.C2H6/c1-5-9-18-13-19(16(4)23-15-17-11-8-12-17)14-21(20(18)7-3)22(24)10-6-2;1-9-4-3-5-10(6-9)7-11(13)14(2)8-12;4-3-1-5-2-3;1-2/h13-14,16-17,23H,5-12,15H2,1-4H3;3-6,8,12-13H,7H2,1-2H3;3H,1-2H2;1-2H3. The predicted molar refractivity (Wildman–Crippen MR) is 189 cm³/mol. The molecule has 45 heavy (non-hydrogen) atoms. The third-order valence-electron chi connectivity index (χ3n) is 8.12. The van der Waals surface area contributed by atoms with Crippen LogP contribution in [0.15, 0.2) is 36.4 Å². The van der Waals surface area contributed by atoms with Crippen LogP contribution in [0.1, 0.15) is 124 Å². The summed E-state index contributed by atoms with van der Waals surface area (Å²) in [6.07, 6.45) is 9.93. The van der Waals surface area contributed by atoms with Gasteiger partial charge in [-0.05, 0) is 86.7 Å². The van der Waals surface area contributed by atoms with E-state index < -0.39 is 6.17 Å². The van der Waals surface area contributed by atoms with E-state index in [2.05, 4.69) is 55.9 Å². The van der Waals surface area contributed by atoms with Crippen LogP contribution in [0, 0.1) is 23.7 Å². The van der Waals surface area contributed by atoms with Gasteiger partial charge in [0, 0.05) is 31.5 Å². The van der Waals surface area contributed by atoms with Crippen molar-refractivity contribution in [2.45, 2.75) is 118 Å². The Hall–Kier alpha value is -2.90. The van der Waals surface area contributed by atoms with Crippen LogP contribution in [0.4, 0.5) is 4.39 Å². The second-order valence-corrected chi connectivity index (χ2v) is 11.9. The largest absolute Gasteiger partial charge is 0.375 e. The van der Waals surface area contributed by atoms with Gasteiger partial charge >= 0.3 is 0 Å². The number of carbonyl (C=O) groups is 1. The molecule has 2 aromatic rings. The Balaban J connectivity index is 0.000000403. The number of benzene rings is 2. The quantitative estimate of drug-likeness (QED) is 0.118. The van der Waals surface area contributed by atoms with Crippen molar-refractivity contribution in [3.8, 4) is 0 Å². The summed E-state index contributed by atoms with van der Waals surface area (Å²) in [5.41, 5.74) is 7.25. The molecule has 2 aliphatic rings. The molecule has 1 saturated heterocycles. The van der Waals surface area contributed by atoms with Gasteiger partial charge in [-0.1, -0.05) is 83.4 Å². The molecule has 1 aliphatic heterocycles. The van der Waals surface area contributed by atoms with Gasteiger partial charge < -0.3 is 15.0 Å². The van der Waals surface area contributed by atoms with E-state index in [9.17, 15) is 9.18 Å². The molecule has 1 aliphatic carbocycles. The van der Waals surface area contributed by atoms with Crippen molar-refractivity contribution >= 4 is 18.0 Å². The maximum Gasteiger partial charge on any atom is 0.163 e. The molecule has 252 valence electrons. The molecule has 1 unspecified atom stereocenters. The minimum absolute atomic E-state index is 0.319. The van der Waals surface area contributed by atoms with Crippen molar-refractivity contribution in [1.29, 1.82) is 10.8 Å². The molecule has 0 radical (unpaired) electrons. The lowest BCUT2D eigenvalue weighted by Crippen LogP contribution is -2.29. The fraction of sp³-hybridized carbons (Fsp3) is 0.605. The van der Waals surface area contributed by atoms with Crippen molar-refractivity contribution in [1.82, 2.24) is 10.2 Å². The summed E-state index contributed by atoms with van der Waals surface area (Å²) in [4.78, 5) is 14.2. The summed E-state index contributed by atoms with van der Waals surface area (Å²) < 4.78 is 15.9. The van der Waals surface area contributed by atoms with Crippen LogP contribution in [0.3, 0.4) is 0 Å². The minimum Gasteiger partial charge on any atom is -0.375 e. The number of aryl methyl sites for hydroxylation is 2. The topological polar surface area (TPSA) is 89.3 Å². The van der Waals surface area contributed by atoms with Crippen LogP contribution in [-0.2, 0) is 24.0 Å². The van der Waals surface area contributed by atoms with E-state index in [-0.39, 0.29) is 0 Å². The van der Waals surface area contributed by atoms with Crippen LogP contribution < -0.4 is 5.32 Å². The average molecular weight is 625 g/mol. The Kier molecular flexibility index (Phi) is 20.1. The second-order valence-electron chi connectivity index (χ2n) is 11.9. The van der Waals surface area contributed by atoms with Gasteiger partial charge in [-0.15, -0.1) is 0 Å². The molecule has 0 spiro atoms. The molecule has 1 saturated carbocycles. The van der Waals surface area contributed by atoms with Gasteiger partial charge in [0.1, 0.15) is 12.0 Å². The minimum atomic E-state index is -0.657. The number of nitrogens with zero attached hydrogens (tertiary/aromatic N) is 1. The number of rotatable bonds is 13. The summed E-state index contributed by atoms with van der Waals surface area (Å²) >= 11 is 0. The van der Waals surface area contributed by atoms with Crippen LogP contribution in [0.25, 0.3) is 0 Å². The number of likely N-dealkylation sites (N-methyl/N-ethyl adjacent to an activating group) is 1. The molecule has 7 heteroatoms. The van der Waals surface area contributed by atoms with E-state index in [4.69, 9.17) is 10.8 Å². The molecule has 1 heterocycles. The zero-order valence-electron chi connectivity index (χ0n) is 29.4. The first-order valence-corrected chi connectivity index (χ1v) is 17.1. The van der Waals surface area contributed by atoms with E-state index in [1.807, 2.05) is 39.0 Å². The van der Waals surface area contributed by atoms with Gasteiger partial charge in [-0.25, -0.2) is 4.39 Å². The highest BCUT2D eigenvalue weighted by atomic mass is 19.1. The van der Waals surface area contributed by atoms with E-state index >= 15 is 0 Å². The number of ketones is 1. The monoisotopic (exact) mass is 624 g/mol. The summed E-state index contributed by atoms with van der Waals surface area (Å²) in [5.74, 6) is 1.61. The van der Waals surface area contributed by atoms with Crippen LogP contribution in [0.2, 0.25) is 0 Å². The number of hydrogen-bond donors (Lipinski definition) is 3. The van der Waals surface area contributed by atoms with Gasteiger partial charge in [0.05, 0.1) is 19.6 Å². The van der Waals surface area contributed by atoms with E-state index in [0.29, 0.717) is 43.7 Å². The predicted octanol–water partition coefficient (Wildman–Crippen LogP) is 9.07.